The van der Waals surface area contributed by atoms with Gasteiger partial charge in [-0.25, -0.2) is 8.42 Å². The summed E-state index contributed by atoms with van der Waals surface area (Å²) >= 11 is 0.793. The summed E-state index contributed by atoms with van der Waals surface area (Å²) in [4.78, 5) is 39.5. The molecule has 1 atom stereocenters. The Labute approximate surface area is 155 Å². The molecule has 1 aromatic rings. The molecule has 0 N–H and O–H groups in total. The lowest BCUT2D eigenvalue weighted by Crippen LogP contribution is -2.45. The van der Waals surface area contributed by atoms with E-state index < -0.39 is 32.9 Å². The Balaban J connectivity index is 1.69. The van der Waals surface area contributed by atoms with E-state index in [4.69, 9.17) is 0 Å². The fourth-order valence-corrected chi connectivity index (χ4v) is 5.52. The van der Waals surface area contributed by atoms with E-state index in [-0.39, 0.29) is 23.0 Å². The molecule has 0 radical (unpaired) electrons. The second-order valence-electron chi connectivity index (χ2n) is 6.37. The molecule has 2 saturated heterocycles. The number of nitrogens with zero attached hydrogens (tertiary/aromatic N) is 3. The van der Waals surface area contributed by atoms with E-state index in [0.29, 0.717) is 6.42 Å². The van der Waals surface area contributed by atoms with Crippen LogP contribution in [-0.2, 0) is 26.5 Å². The van der Waals surface area contributed by atoms with E-state index in [1.807, 2.05) is 29.9 Å². The molecule has 3 rings (SSSR count). The number of aromatic nitrogens is 1. The van der Waals surface area contributed by atoms with E-state index in [0.717, 1.165) is 22.4 Å². The summed E-state index contributed by atoms with van der Waals surface area (Å²) in [5.41, 5.74) is 0.773. The van der Waals surface area contributed by atoms with Crippen LogP contribution in [0.25, 0.3) is 6.08 Å². The Morgan fingerprint density at radius 2 is 2.15 bits per heavy atom. The summed E-state index contributed by atoms with van der Waals surface area (Å²) in [7, 11) is 0.209. The van der Waals surface area contributed by atoms with Crippen molar-refractivity contribution in [1.29, 1.82) is 0 Å². The van der Waals surface area contributed by atoms with E-state index in [2.05, 4.69) is 0 Å². The zero-order chi connectivity index (χ0) is 19.1. The van der Waals surface area contributed by atoms with Gasteiger partial charge in [-0.1, -0.05) is 0 Å². The van der Waals surface area contributed by atoms with Gasteiger partial charge in [0.25, 0.3) is 11.1 Å². The van der Waals surface area contributed by atoms with Gasteiger partial charge in [-0.05, 0) is 36.4 Å². The van der Waals surface area contributed by atoms with Crippen molar-refractivity contribution in [2.24, 2.45) is 7.05 Å². The fraction of sp³-hybridized carbons (Fsp3) is 0.438. The number of likely N-dealkylation sites (N-methyl/N-ethyl adjacent to an activating group) is 1. The van der Waals surface area contributed by atoms with Crippen molar-refractivity contribution in [2.75, 3.05) is 25.1 Å². The van der Waals surface area contributed by atoms with Crippen molar-refractivity contribution in [1.82, 2.24) is 14.4 Å². The number of aryl methyl sites for hydroxylation is 1. The topological polar surface area (TPSA) is 96.8 Å². The van der Waals surface area contributed by atoms with Crippen LogP contribution in [0, 0.1) is 0 Å². The second kappa shape index (κ2) is 6.92. The van der Waals surface area contributed by atoms with Crippen LogP contribution in [0.1, 0.15) is 12.1 Å². The molecule has 0 aliphatic carbocycles. The maximum atomic E-state index is 12.5. The molecule has 0 bridgehead atoms. The molecule has 2 aliphatic rings. The van der Waals surface area contributed by atoms with E-state index >= 15 is 0 Å². The van der Waals surface area contributed by atoms with Crippen LogP contribution in [0.15, 0.2) is 23.2 Å². The SMILES string of the molecule is CN(C(=O)CN1C(=O)SC(=Cc2cccn2C)C1=O)C1CCS(=O)(=O)C1. The number of hydrogen-bond donors (Lipinski definition) is 0. The molecule has 2 aliphatic heterocycles. The summed E-state index contributed by atoms with van der Waals surface area (Å²) in [5.74, 6) is -0.989. The van der Waals surface area contributed by atoms with Gasteiger partial charge in [0, 0.05) is 32.0 Å². The van der Waals surface area contributed by atoms with Gasteiger partial charge in [0.1, 0.15) is 6.54 Å². The summed E-state index contributed by atoms with van der Waals surface area (Å²) in [5, 5.41) is -0.503. The van der Waals surface area contributed by atoms with Gasteiger partial charge >= 0.3 is 0 Å². The highest BCUT2D eigenvalue weighted by atomic mass is 32.2. The van der Waals surface area contributed by atoms with Gasteiger partial charge in [-0.3, -0.25) is 19.3 Å². The second-order valence-corrected chi connectivity index (χ2v) is 9.60. The lowest BCUT2D eigenvalue weighted by Gasteiger charge is -2.25. The Hall–Kier alpha value is -2.07. The number of carbonyl (C=O) groups excluding carboxylic acids is 3. The van der Waals surface area contributed by atoms with Gasteiger partial charge in [0.2, 0.25) is 5.91 Å². The predicted molar refractivity (Wildman–Crippen MR) is 97.9 cm³/mol. The van der Waals surface area contributed by atoms with Crippen LogP contribution in [0.2, 0.25) is 0 Å². The minimum atomic E-state index is -3.12. The molecule has 2 fully saturated rings. The first-order chi connectivity index (χ1) is 12.2. The molecule has 140 valence electrons. The maximum Gasteiger partial charge on any atom is 0.294 e. The van der Waals surface area contributed by atoms with Gasteiger partial charge in [-0.15, -0.1) is 0 Å². The predicted octanol–water partition coefficient (Wildman–Crippen LogP) is 0.707. The summed E-state index contributed by atoms with van der Waals surface area (Å²) in [6.45, 7) is -0.387. The Bertz CT molecular complexity index is 903. The average molecular weight is 397 g/mol. The molecule has 3 heterocycles. The van der Waals surface area contributed by atoms with Crippen LogP contribution < -0.4 is 0 Å². The number of imide groups is 1. The van der Waals surface area contributed by atoms with Gasteiger partial charge in [0.15, 0.2) is 9.84 Å². The first-order valence-electron chi connectivity index (χ1n) is 8.01. The van der Waals surface area contributed by atoms with Gasteiger partial charge in [0.05, 0.1) is 16.4 Å². The smallest absolute Gasteiger partial charge is 0.294 e. The Morgan fingerprint density at radius 1 is 1.42 bits per heavy atom. The van der Waals surface area contributed by atoms with Crippen molar-refractivity contribution < 1.29 is 22.8 Å². The van der Waals surface area contributed by atoms with Crippen LogP contribution in [-0.4, -0.2) is 71.0 Å². The first-order valence-corrected chi connectivity index (χ1v) is 10.6. The van der Waals surface area contributed by atoms with Crippen molar-refractivity contribution in [3.63, 3.8) is 0 Å². The normalized spacial score (nSPS) is 23.8. The van der Waals surface area contributed by atoms with Gasteiger partial charge < -0.3 is 9.47 Å². The highest BCUT2D eigenvalue weighted by Gasteiger charge is 2.39. The van der Waals surface area contributed by atoms with E-state index in [1.165, 1.54) is 11.9 Å². The molecule has 3 amide bonds. The van der Waals surface area contributed by atoms with E-state index in [1.54, 1.807) is 6.08 Å². The molecular weight excluding hydrogens is 378 g/mol. The van der Waals surface area contributed by atoms with Crippen LogP contribution >= 0.6 is 11.8 Å². The highest BCUT2D eigenvalue weighted by Crippen LogP contribution is 2.32. The summed E-state index contributed by atoms with van der Waals surface area (Å²) < 4.78 is 25.0. The summed E-state index contributed by atoms with van der Waals surface area (Å²) in [6, 6.07) is 3.23. The molecule has 10 heteroatoms. The van der Waals surface area contributed by atoms with Crippen molar-refractivity contribution in [2.45, 2.75) is 12.5 Å². The minimum Gasteiger partial charge on any atom is -0.351 e. The molecule has 1 unspecified atom stereocenters. The zero-order valence-electron chi connectivity index (χ0n) is 14.4. The van der Waals surface area contributed by atoms with Crippen molar-refractivity contribution in [3.8, 4) is 0 Å². The number of hydrogen-bond acceptors (Lipinski definition) is 6. The number of amides is 3. The molecule has 1 aromatic heterocycles. The zero-order valence-corrected chi connectivity index (χ0v) is 16.0. The third-order valence-corrected chi connectivity index (χ3v) is 7.24. The quantitative estimate of drug-likeness (QED) is 0.694. The standard InChI is InChI=1S/C16H19N3O5S2/c1-17-6-3-4-11(17)8-13-15(21)19(16(22)25-13)9-14(20)18(2)12-5-7-26(23,24)10-12/h3-4,6,8,12H,5,7,9-10H2,1-2H3. The number of rotatable bonds is 4. The van der Waals surface area contributed by atoms with Gasteiger partial charge in [-0.2, -0.15) is 0 Å². The highest BCUT2D eigenvalue weighted by molar-refractivity contribution is 8.18. The molecule has 0 aromatic carbocycles. The Morgan fingerprint density at radius 3 is 2.73 bits per heavy atom. The monoisotopic (exact) mass is 397 g/mol. The van der Waals surface area contributed by atoms with Crippen molar-refractivity contribution >= 4 is 44.7 Å². The molecule has 26 heavy (non-hydrogen) atoms. The lowest BCUT2D eigenvalue weighted by molar-refractivity contribution is -0.136. The van der Waals surface area contributed by atoms with Crippen LogP contribution in [0.3, 0.4) is 0 Å². The van der Waals surface area contributed by atoms with Crippen molar-refractivity contribution in [3.05, 3.63) is 28.9 Å². The third-order valence-electron chi connectivity index (χ3n) is 4.58. The Kier molecular flexibility index (Phi) is 4.98. The summed E-state index contributed by atoms with van der Waals surface area (Å²) in [6.07, 6.45) is 3.81. The molecule has 0 spiro atoms. The largest absolute Gasteiger partial charge is 0.351 e. The average Bonchev–Trinajstić information content (AvgIpc) is 3.21. The lowest BCUT2D eigenvalue weighted by atomic mass is 10.2. The minimum absolute atomic E-state index is 0.0518. The number of sulfone groups is 1. The molecular formula is C16H19N3O5S2. The van der Waals surface area contributed by atoms with Crippen LogP contribution in [0.5, 0.6) is 0 Å². The number of carbonyl (C=O) groups is 3. The molecule has 0 saturated carbocycles. The van der Waals surface area contributed by atoms with Crippen LogP contribution in [0.4, 0.5) is 4.79 Å². The fourth-order valence-electron chi connectivity index (χ4n) is 2.93. The van der Waals surface area contributed by atoms with E-state index in [9.17, 15) is 22.8 Å². The number of thioether (sulfide) groups is 1. The third kappa shape index (κ3) is 3.70. The molecule has 8 nitrogen and oxygen atoms in total. The maximum absolute atomic E-state index is 12.5. The first kappa shape index (κ1) is 18.7.